The number of hydrogen-bond acceptors (Lipinski definition) is 3. The van der Waals surface area contributed by atoms with Crippen LogP contribution in [0.2, 0.25) is 0 Å². The van der Waals surface area contributed by atoms with Crippen molar-refractivity contribution in [1.82, 2.24) is 10.6 Å². The first kappa shape index (κ1) is 17.2. The molecule has 1 aromatic heterocycles. The number of nitrogens with one attached hydrogen (secondary N) is 2. The Morgan fingerprint density at radius 1 is 1.17 bits per heavy atom. The Bertz CT molecular complexity index is 709. The van der Waals surface area contributed by atoms with E-state index in [4.69, 9.17) is 0 Å². The van der Waals surface area contributed by atoms with Gasteiger partial charge in [0.2, 0.25) is 5.91 Å². The Balaban J connectivity index is 1.41. The van der Waals surface area contributed by atoms with Gasteiger partial charge in [-0.25, -0.2) is 0 Å². The highest BCUT2D eigenvalue weighted by Crippen LogP contribution is 2.45. The van der Waals surface area contributed by atoms with Gasteiger partial charge >= 0.3 is 0 Å². The normalized spacial score (nSPS) is 14.9. The molecule has 2 N–H and O–H groups in total. The van der Waals surface area contributed by atoms with Crippen LogP contribution in [0.5, 0.6) is 0 Å². The van der Waals surface area contributed by atoms with Crippen LogP contribution in [0.1, 0.15) is 41.6 Å². The van der Waals surface area contributed by atoms with Crippen molar-refractivity contribution in [3.63, 3.8) is 0 Å². The average Bonchev–Trinajstić information content (AvgIpc) is 3.13. The fourth-order valence-corrected chi connectivity index (χ4v) is 3.56. The van der Waals surface area contributed by atoms with E-state index >= 15 is 0 Å². The van der Waals surface area contributed by atoms with E-state index in [9.17, 15) is 9.59 Å². The molecule has 0 spiro atoms. The number of rotatable bonds is 7. The van der Waals surface area contributed by atoms with Gasteiger partial charge in [0, 0.05) is 28.4 Å². The second-order valence-electron chi connectivity index (χ2n) is 6.01. The van der Waals surface area contributed by atoms with Crippen molar-refractivity contribution in [2.24, 2.45) is 0 Å². The number of carbonyl (C=O) groups excluding carboxylic acids is 2. The molecule has 0 atom stereocenters. The van der Waals surface area contributed by atoms with Crippen molar-refractivity contribution < 1.29 is 9.59 Å². The molecular weight excluding hydrogens is 388 g/mol. The number of thiophene rings is 1. The Hall–Kier alpha value is -1.66. The van der Waals surface area contributed by atoms with Gasteiger partial charge in [0.25, 0.3) is 5.91 Å². The van der Waals surface area contributed by atoms with E-state index < -0.39 is 0 Å². The summed E-state index contributed by atoms with van der Waals surface area (Å²) in [6.07, 6.45) is 3.02. The fraction of sp³-hybridized carbons (Fsp3) is 0.333. The molecule has 1 saturated carbocycles. The Labute approximate surface area is 153 Å². The van der Waals surface area contributed by atoms with E-state index in [1.807, 2.05) is 22.9 Å². The molecule has 1 aliphatic rings. The average molecular weight is 407 g/mol. The lowest BCUT2D eigenvalue weighted by Gasteiger charge is -2.18. The highest BCUT2D eigenvalue weighted by atomic mass is 79.9. The molecule has 6 heteroatoms. The molecule has 3 rings (SSSR count). The summed E-state index contributed by atoms with van der Waals surface area (Å²) >= 11 is 4.93. The van der Waals surface area contributed by atoms with Gasteiger partial charge in [-0.3, -0.25) is 9.59 Å². The lowest BCUT2D eigenvalue weighted by molar-refractivity contribution is -0.122. The van der Waals surface area contributed by atoms with Gasteiger partial charge in [-0.15, -0.1) is 0 Å². The first-order valence-electron chi connectivity index (χ1n) is 7.96. The second-order valence-corrected chi connectivity index (χ2v) is 7.70. The lowest BCUT2D eigenvalue weighted by atomic mass is 10.0. The number of halogens is 1. The fourth-order valence-electron chi connectivity index (χ4n) is 2.66. The minimum absolute atomic E-state index is 0.0419. The Morgan fingerprint density at radius 2 is 1.92 bits per heavy atom. The van der Waals surface area contributed by atoms with Crippen molar-refractivity contribution in [2.45, 2.75) is 31.2 Å². The molecule has 24 heavy (non-hydrogen) atoms. The molecule has 1 aliphatic carbocycles. The van der Waals surface area contributed by atoms with Crippen LogP contribution in [-0.4, -0.2) is 18.4 Å². The molecule has 0 radical (unpaired) electrons. The third-order valence-electron chi connectivity index (χ3n) is 4.18. The molecule has 126 valence electrons. The van der Waals surface area contributed by atoms with Crippen LogP contribution in [0.4, 0.5) is 0 Å². The van der Waals surface area contributed by atoms with E-state index in [1.165, 1.54) is 11.3 Å². The van der Waals surface area contributed by atoms with Crippen molar-refractivity contribution in [2.75, 3.05) is 6.54 Å². The number of hydrogen-bond donors (Lipinski definition) is 2. The molecule has 2 amide bonds. The van der Waals surface area contributed by atoms with Crippen molar-refractivity contribution in [3.8, 4) is 0 Å². The third-order valence-corrected chi connectivity index (χ3v) is 5.39. The van der Waals surface area contributed by atoms with Crippen molar-refractivity contribution >= 4 is 39.1 Å². The molecular formula is C18H19BrN2O2S. The lowest BCUT2D eigenvalue weighted by Crippen LogP contribution is -2.35. The predicted molar refractivity (Wildman–Crippen MR) is 99.1 cm³/mol. The summed E-state index contributed by atoms with van der Waals surface area (Å²) in [5, 5.41) is 9.68. The highest BCUT2D eigenvalue weighted by Gasteiger charge is 2.45. The molecule has 1 fully saturated rings. The Morgan fingerprint density at radius 3 is 2.54 bits per heavy atom. The zero-order valence-electron chi connectivity index (χ0n) is 13.2. The topological polar surface area (TPSA) is 58.2 Å². The zero-order chi connectivity index (χ0) is 17.0. The maximum absolute atomic E-state index is 12.2. The number of amides is 2. The van der Waals surface area contributed by atoms with E-state index in [0.29, 0.717) is 24.9 Å². The maximum atomic E-state index is 12.2. The quantitative estimate of drug-likeness (QED) is 0.686. The summed E-state index contributed by atoms with van der Waals surface area (Å²) in [5.41, 5.74) is 1.65. The number of benzene rings is 1. The summed E-state index contributed by atoms with van der Waals surface area (Å²) in [5.74, 6) is -0.0367. The summed E-state index contributed by atoms with van der Waals surface area (Å²) in [6, 6.07) is 9.90. The molecule has 0 unspecified atom stereocenters. The smallest absolute Gasteiger partial charge is 0.252 e. The van der Waals surface area contributed by atoms with Crippen LogP contribution in [0.3, 0.4) is 0 Å². The van der Waals surface area contributed by atoms with Crippen LogP contribution in [0.25, 0.3) is 0 Å². The summed E-state index contributed by atoms with van der Waals surface area (Å²) in [7, 11) is 0. The minimum atomic E-state index is -0.183. The monoisotopic (exact) mass is 406 g/mol. The van der Waals surface area contributed by atoms with Crippen LogP contribution in [-0.2, 0) is 10.3 Å². The highest BCUT2D eigenvalue weighted by molar-refractivity contribution is 9.10. The summed E-state index contributed by atoms with van der Waals surface area (Å²) in [4.78, 5) is 24.0. The molecule has 4 nitrogen and oxygen atoms in total. The standard InChI is InChI=1S/C18H19BrN2O2S/c19-15-5-3-14(4-6-15)18(8-9-18)21-16(22)2-1-10-20-17(23)13-7-11-24-12-13/h3-7,11-12H,1-2,8-10H2,(H,20,23)(H,21,22). The van der Waals surface area contributed by atoms with Crippen LogP contribution in [0.15, 0.2) is 45.6 Å². The first-order chi connectivity index (χ1) is 11.6. The molecule has 2 aromatic rings. The minimum Gasteiger partial charge on any atom is -0.352 e. The summed E-state index contributed by atoms with van der Waals surface area (Å²) < 4.78 is 1.04. The third kappa shape index (κ3) is 4.24. The van der Waals surface area contributed by atoms with Gasteiger partial charge in [-0.05, 0) is 48.4 Å². The number of carbonyl (C=O) groups is 2. The van der Waals surface area contributed by atoms with Crippen LogP contribution >= 0.6 is 27.3 Å². The van der Waals surface area contributed by atoms with Gasteiger partial charge in [-0.1, -0.05) is 28.1 Å². The van der Waals surface area contributed by atoms with Gasteiger partial charge in [-0.2, -0.15) is 11.3 Å². The van der Waals surface area contributed by atoms with E-state index in [2.05, 4.69) is 38.7 Å². The van der Waals surface area contributed by atoms with E-state index in [-0.39, 0.29) is 17.4 Å². The molecule has 0 saturated heterocycles. The zero-order valence-corrected chi connectivity index (χ0v) is 15.6. The molecule has 0 bridgehead atoms. The molecule has 1 heterocycles. The molecule has 1 aromatic carbocycles. The van der Waals surface area contributed by atoms with Crippen molar-refractivity contribution in [3.05, 3.63) is 56.7 Å². The predicted octanol–water partition coefficient (Wildman–Crippen LogP) is 3.83. The second kappa shape index (κ2) is 7.49. The van der Waals surface area contributed by atoms with E-state index in [0.717, 1.165) is 22.9 Å². The van der Waals surface area contributed by atoms with Crippen molar-refractivity contribution in [1.29, 1.82) is 0 Å². The summed E-state index contributed by atoms with van der Waals surface area (Å²) in [6.45, 7) is 0.507. The van der Waals surface area contributed by atoms with Crippen LogP contribution in [0, 0.1) is 0 Å². The van der Waals surface area contributed by atoms with Gasteiger partial charge in [0.05, 0.1) is 5.54 Å². The first-order valence-corrected chi connectivity index (χ1v) is 9.70. The Kier molecular flexibility index (Phi) is 5.36. The van der Waals surface area contributed by atoms with Gasteiger partial charge in [0.1, 0.15) is 0 Å². The molecule has 0 aliphatic heterocycles. The SMILES string of the molecule is O=C(CCCNC(=O)c1ccsc1)NC1(c2ccc(Br)cc2)CC1. The van der Waals surface area contributed by atoms with E-state index in [1.54, 1.807) is 6.07 Å². The van der Waals surface area contributed by atoms with Gasteiger partial charge in [0.15, 0.2) is 0 Å². The van der Waals surface area contributed by atoms with Gasteiger partial charge < -0.3 is 10.6 Å². The maximum Gasteiger partial charge on any atom is 0.252 e. The van der Waals surface area contributed by atoms with Crippen LogP contribution < -0.4 is 10.6 Å². The largest absolute Gasteiger partial charge is 0.352 e.